The van der Waals surface area contributed by atoms with Gasteiger partial charge < -0.3 is 0 Å². The van der Waals surface area contributed by atoms with Gasteiger partial charge in [0.1, 0.15) is 0 Å². The number of rotatable bonds is 5. The predicted octanol–water partition coefficient (Wildman–Crippen LogP) is 2.97. The van der Waals surface area contributed by atoms with Crippen LogP contribution in [0.25, 0.3) is 0 Å². The SMILES string of the molecule is CC(C)c1nnsc1CN1C[C@@H]2CC[C@H](C1)N(CC1CC1)C2. The molecule has 22 heavy (non-hydrogen) atoms. The van der Waals surface area contributed by atoms with Crippen LogP contribution in [-0.2, 0) is 6.54 Å². The number of piperidine rings is 1. The molecule has 5 rings (SSSR count). The van der Waals surface area contributed by atoms with Crippen molar-refractivity contribution in [3.05, 3.63) is 10.6 Å². The summed E-state index contributed by atoms with van der Waals surface area (Å²) in [5.74, 6) is 2.38. The van der Waals surface area contributed by atoms with E-state index in [0.29, 0.717) is 5.92 Å². The first-order valence-electron chi connectivity index (χ1n) is 8.96. The van der Waals surface area contributed by atoms with Crippen LogP contribution in [0.3, 0.4) is 0 Å². The molecule has 4 aliphatic rings. The average molecular weight is 321 g/mol. The highest BCUT2D eigenvalue weighted by Crippen LogP contribution is 2.35. The van der Waals surface area contributed by atoms with Gasteiger partial charge in [-0.15, -0.1) is 5.10 Å². The molecule has 5 heteroatoms. The molecule has 2 bridgehead atoms. The van der Waals surface area contributed by atoms with Crippen molar-refractivity contribution in [1.82, 2.24) is 19.4 Å². The molecule has 3 saturated heterocycles. The fourth-order valence-corrected chi connectivity index (χ4v) is 5.07. The number of fused-ring (bicyclic) bond motifs is 4. The second-order valence-corrected chi connectivity index (χ2v) is 8.76. The molecule has 4 nitrogen and oxygen atoms in total. The third-order valence-corrected chi connectivity index (χ3v) is 6.31. The second-order valence-electron chi connectivity index (χ2n) is 7.92. The van der Waals surface area contributed by atoms with Crippen LogP contribution >= 0.6 is 11.5 Å². The Bertz CT molecular complexity index is 511. The highest BCUT2D eigenvalue weighted by atomic mass is 32.1. The first-order valence-corrected chi connectivity index (χ1v) is 9.74. The summed E-state index contributed by atoms with van der Waals surface area (Å²) in [4.78, 5) is 6.90. The van der Waals surface area contributed by atoms with Gasteiger partial charge in [0.25, 0.3) is 0 Å². The molecule has 2 atom stereocenters. The number of hydrogen-bond donors (Lipinski definition) is 0. The summed E-state index contributed by atoms with van der Waals surface area (Å²) in [7, 11) is 0. The molecule has 0 amide bonds. The van der Waals surface area contributed by atoms with Gasteiger partial charge in [-0.2, -0.15) is 0 Å². The highest BCUT2D eigenvalue weighted by Gasteiger charge is 2.37. The van der Waals surface area contributed by atoms with Crippen molar-refractivity contribution in [2.75, 3.05) is 26.2 Å². The molecule has 122 valence electrons. The molecule has 0 unspecified atom stereocenters. The number of aromatic nitrogens is 2. The molecule has 0 aromatic carbocycles. The van der Waals surface area contributed by atoms with Crippen LogP contribution in [-0.4, -0.2) is 51.6 Å². The lowest BCUT2D eigenvalue weighted by Gasteiger charge is -2.36. The third-order valence-electron chi connectivity index (χ3n) is 5.59. The average Bonchev–Trinajstić information content (AvgIpc) is 3.23. The second kappa shape index (κ2) is 6.17. The molecule has 4 heterocycles. The monoisotopic (exact) mass is 320 g/mol. The molecule has 1 aromatic rings. The Morgan fingerprint density at radius 2 is 2.00 bits per heavy atom. The predicted molar refractivity (Wildman–Crippen MR) is 90.1 cm³/mol. The Kier molecular flexibility index (Phi) is 4.22. The van der Waals surface area contributed by atoms with Crippen LogP contribution < -0.4 is 0 Å². The molecule has 0 spiro atoms. The van der Waals surface area contributed by atoms with Crippen molar-refractivity contribution >= 4 is 11.5 Å². The summed E-state index contributed by atoms with van der Waals surface area (Å²) in [6.07, 6.45) is 5.79. The van der Waals surface area contributed by atoms with Crippen LogP contribution in [0.15, 0.2) is 0 Å². The molecule has 0 radical (unpaired) electrons. The summed E-state index contributed by atoms with van der Waals surface area (Å²) in [6, 6.07) is 0.794. The third kappa shape index (κ3) is 3.22. The van der Waals surface area contributed by atoms with Gasteiger partial charge in [0.15, 0.2) is 0 Å². The largest absolute Gasteiger partial charge is 0.299 e. The Balaban J connectivity index is 1.44. The molecular weight excluding hydrogens is 292 g/mol. The highest BCUT2D eigenvalue weighted by molar-refractivity contribution is 7.05. The van der Waals surface area contributed by atoms with Gasteiger partial charge in [0.05, 0.1) is 10.6 Å². The Morgan fingerprint density at radius 3 is 2.77 bits per heavy atom. The quantitative estimate of drug-likeness (QED) is 0.835. The van der Waals surface area contributed by atoms with E-state index in [1.165, 1.54) is 62.4 Å². The van der Waals surface area contributed by atoms with E-state index >= 15 is 0 Å². The Morgan fingerprint density at radius 1 is 1.14 bits per heavy atom. The van der Waals surface area contributed by atoms with Crippen molar-refractivity contribution in [2.45, 2.75) is 58.0 Å². The van der Waals surface area contributed by atoms with Crippen LogP contribution in [0.5, 0.6) is 0 Å². The van der Waals surface area contributed by atoms with Gasteiger partial charge in [0.2, 0.25) is 0 Å². The maximum absolute atomic E-state index is 4.35. The first-order chi connectivity index (χ1) is 10.7. The van der Waals surface area contributed by atoms with Crippen LogP contribution in [0.1, 0.15) is 56.0 Å². The molecule has 4 fully saturated rings. The summed E-state index contributed by atoms with van der Waals surface area (Å²) in [5, 5.41) is 4.35. The molecule has 0 N–H and O–H groups in total. The lowest BCUT2D eigenvalue weighted by Crippen LogP contribution is -2.44. The summed E-state index contributed by atoms with van der Waals surface area (Å²) < 4.78 is 4.20. The summed E-state index contributed by atoms with van der Waals surface area (Å²) >= 11 is 1.61. The maximum Gasteiger partial charge on any atom is 0.0826 e. The normalized spacial score (nSPS) is 30.1. The maximum atomic E-state index is 4.35. The summed E-state index contributed by atoms with van der Waals surface area (Å²) in [5.41, 5.74) is 1.22. The van der Waals surface area contributed by atoms with Gasteiger partial charge in [0, 0.05) is 38.8 Å². The Labute approximate surface area is 138 Å². The van der Waals surface area contributed by atoms with Crippen molar-refractivity contribution in [3.8, 4) is 0 Å². The molecule has 1 aliphatic carbocycles. The van der Waals surface area contributed by atoms with Crippen molar-refractivity contribution in [1.29, 1.82) is 0 Å². The van der Waals surface area contributed by atoms with Gasteiger partial charge >= 0.3 is 0 Å². The zero-order valence-corrected chi connectivity index (χ0v) is 14.7. The minimum atomic E-state index is 0.490. The number of hydrogen-bond acceptors (Lipinski definition) is 5. The topological polar surface area (TPSA) is 32.3 Å². The zero-order chi connectivity index (χ0) is 15.1. The smallest absolute Gasteiger partial charge is 0.0826 e. The van der Waals surface area contributed by atoms with Gasteiger partial charge in [-0.05, 0) is 55.0 Å². The molecule has 1 aromatic heterocycles. The molecule has 3 aliphatic heterocycles. The van der Waals surface area contributed by atoms with Crippen LogP contribution in [0.2, 0.25) is 0 Å². The van der Waals surface area contributed by atoms with E-state index in [1.807, 2.05) is 0 Å². The van der Waals surface area contributed by atoms with Gasteiger partial charge in [-0.1, -0.05) is 18.3 Å². The standard InChI is InChI=1S/C17H28N4S/c1-12(2)17-16(22-19-18-17)11-20-7-14-5-6-15(10-20)21(9-14)8-13-3-4-13/h12-15H,3-11H2,1-2H3/t14-,15+/m0/s1. The van der Waals surface area contributed by atoms with Crippen molar-refractivity contribution < 1.29 is 0 Å². The van der Waals surface area contributed by atoms with Crippen molar-refractivity contribution in [3.63, 3.8) is 0 Å². The van der Waals surface area contributed by atoms with E-state index in [2.05, 4.69) is 33.2 Å². The van der Waals surface area contributed by atoms with Crippen molar-refractivity contribution in [2.24, 2.45) is 11.8 Å². The fraction of sp³-hybridized carbons (Fsp3) is 0.882. The number of nitrogens with zero attached hydrogens (tertiary/aromatic N) is 4. The van der Waals surface area contributed by atoms with E-state index in [-0.39, 0.29) is 0 Å². The lowest BCUT2D eigenvalue weighted by atomic mass is 9.95. The minimum Gasteiger partial charge on any atom is -0.299 e. The lowest BCUT2D eigenvalue weighted by molar-refractivity contribution is 0.125. The zero-order valence-electron chi connectivity index (χ0n) is 13.9. The van der Waals surface area contributed by atoms with E-state index in [0.717, 1.165) is 24.4 Å². The molecular formula is C17H28N4S. The van der Waals surface area contributed by atoms with E-state index in [9.17, 15) is 0 Å². The van der Waals surface area contributed by atoms with E-state index in [4.69, 9.17) is 0 Å². The van der Waals surface area contributed by atoms with Crippen LogP contribution in [0, 0.1) is 11.8 Å². The minimum absolute atomic E-state index is 0.490. The van der Waals surface area contributed by atoms with Gasteiger partial charge in [-0.3, -0.25) is 9.80 Å². The van der Waals surface area contributed by atoms with E-state index in [1.54, 1.807) is 11.5 Å². The molecule has 1 saturated carbocycles. The first kappa shape index (κ1) is 15.0. The van der Waals surface area contributed by atoms with Crippen LogP contribution in [0.4, 0.5) is 0 Å². The Hall–Kier alpha value is -0.520. The summed E-state index contributed by atoms with van der Waals surface area (Å²) in [6.45, 7) is 10.7. The fourth-order valence-electron chi connectivity index (χ4n) is 4.23. The van der Waals surface area contributed by atoms with E-state index < -0.39 is 0 Å². The van der Waals surface area contributed by atoms with Gasteiger partial charge in [-0.25, -0.2) is 0 Å².